The molecule has 2 unspecified atom stereocenters. The van der Waals surface area contributed by atoms with Crippen LogP contribution in [0.4, 0.5) is 26.3 Å². The third kappa shape index (κ3) is 9.74. The SMILES string of the molecule is C=C(/C=C(\C=C(/C)C(C)OC)C(F)(F)F)C(F)(F)F.c1ccc(C2CCCCN2)cc1. The van der Waals surface area contributed by atoms with Crippen molar-refractivity contribution in [2.45, 2.75) is 57.6 Å². The summed E-state index contributed by atoms with van der Waals surface area (Å²) in [5, 5.41) is 3.54. The van der Waals surface area contributed by atoms with Gasteiger partial charge in [-0.15, -0.1) is 0 Å². The van der Waals surface area contributed by atoms with Crippen LogP contribution in [0.3, 0.4) is 0 Å². The molecule has 174 valence electrons. The first kappa shape index (κ1) is 27.0. The average Bonchev–Trinajstić information content (AvgIpc) is 2.73. The van der Waals surface area contributed by atoms with Gasteiger partial charge in [0.15, 0.2) is 0 Å². The van der Waals surface area contributed by atoms with Crippen molar-refractivity contribution in [2.75, 3.05) is 13.7 Å². The molecule has 1 aromatic carbocycles. The molecule has 1 aliphatic rings. The monoisotopic (exact) mass is 449 g/mol. The fourth-order valence-corrected chi connectivity index (χ4v) is 2.85. The molecule has 1 saturated heterocycles. The number of ether oxygens (including phenoxy) is 1. The van der Waals surface area contributed by atoms with E-state index in [0.29, 0.717) is 12.1 Å². The zero-order valence-electron chi connectivity index (χ0n) is 17.9. The summed E-state index contributed by atoms with van der Waals surface area (Å²) in [6, 6.07) is 11.3. The van der Waals surface area contributed by atoms with Gasteiger partial charge >= 0.3 is 12.4 Å². The Balaban J connectivity index is 0.000000339. The molecular formula is C23H29F6NO. The van der Waals surface area contributed by atoms with Crippen LogP contribution in [-0.2, 0) is 4.74 Å². The topological polar surface area (TPSA) is 21.3 Å². The first-order valence-corrected chi connectivity index (χ1v) is 9.90. The molecule has 0 aromatic heterocycles. The van der Waals surface area contributed by atoms with Crippen molar-refractivity contribution >= 4 is 0 Å². The Kier molecular flexibility index (Phi) is 10.5. The highest BCUT2D eigenvalue weighted by Crippen LogP contribution is 2.33. The molecular weight excluding hydrogens is 420 g/mol. The van der Waals surface area contributed by atoms with Gasteiger partial charge in [-0.1, -0.05) is 43.3 Å². The average molecular weight is 449 g/mol. The van der Waals surface area contributed by atoms with Crippen molar-refractivity contribution in [1.82, 2.24) is 5.32 Å². The first-order chi connectivity index (χ1) is 14.4. The van der Waals surface area contributed by atoms with E-state index in [9.17, 15) is 26.3 Å². The molecule has 0 saturated carbocycles. The smallest absolute Gasteiger partial charge is 0.377 e. The van der Waals surface area contributed by atoms with Crippen LogP contribution in [0, 0.1) is 0 Å². The second-order valence-electron chi connectivity index (χ2n) is 7.30. The lowest BCUT2D eigenvalue weighted by atomic mass is 9.98. The Morgan fingerprint density at radius 2 is 1.68 bits per heavy atom. The van der Waals surface area contributed by atoms with Crippen LogP contribution in [0.15, 0.2) is 65.8 Å². The van der Waals surface area contributed by atoms with Crippen LogP contribution in [0.2, 0.25) is 0 Å². The Morgan fingerprint density at radius 1 is 1.06 bits per heavy atom. The zero-order valence-corrected chi connectivity index (χ0v) is 17.9. The van der Waals surface area contributed by atoms with Crippen LogP contribution in [-0.4, -0.2) is 32.1 Å². The lowest BCUT2D eigenvalue weighted by Gasteiger charge is -2.23. The highest BCUT2D eigenvalue weighted by molar-refractivity contribution is 5.36. The van der Waals surface area contributed by atoms with E-state index in [0.717, 1.165) is 0 Å². The molecule has 1 heterocycles. The van der Waals surface area contributed by atoms with E-state index in [1.54, 1.807) is 0 Å². The van der Waals surface area contributed by atoms with E-state index in [4.69, 9.17) is 4.74 Å². The van der Waals surface area contributed by atoms with Gasteiger partial charge in [-0.2, -0.15) is 26.3 Å². The molecule has 2 rings (SSSR count). The lowest BCUT2D eigenvalue weighted by Crippen LogP contribution is -2.26. The van der Waals surface area contributed by atoms with Gasteiger partial charge < -0.3 is 10.1 Å². The van der Waals surface area contributed by atoms with E-state index < -0.39 is 29.6 Å². The van der Waals surface area contributed by atoms with Crippen molar-refractivity contribution in [3.63, 3.8) is 0 Å². The van der Waals surface area contributed by atoms with Crippen molar-refractivity contribution in [2.24, 2.45) is 0 Å². The Morgan fingerprint density at radius 3 is 2.13 bits per heavy atom. The predicted molar refractivity (Wildman–Crippen MR) is 111 cm³/mol. The minimum atomic E-state index is -4.90. The predicted octanol–water partition coefficient (Wildman–Crippen LogP) is 7.08. The fourth-order valence-electron chi connectivity index (χ4n) is 2.85. The van der Waals surface area contributed by atoms with Gasteiger partial charge in [0, 0.05) is 18.7 Å². The van der Waals surface area contributed by atoms with Crippen LogP contribution in [0.1, 0.15) is 44.7 Å². The van der Waals surface area contributed by atoms with E-state index in [-0.39, 0.29) is 11.6 Å². The van der Waals surface area contributed by atoms with Crippen molar-refractivity contribution < 1.29 is 31.1 Å². The highest BCUT2D eigenvalue weighted by Gasteiger charge is 2.36. The second kappa shape index (κ2) is 12.1. The minimum absolute atomic E-state index is 0.0219. The summed E-state index contributed by atoms with van der Waals surface area (Å²) >= 11 is 0. The molecule has 1 aromatic rings. The van der Waals surface area contributed by atoms with Gasteiger partial charge in [-0.25, -0.2) is 0 Å². The van der Waals surface area contributed by atoms with E-state index >= 15 is 0 Å². The number of benzene rings is 1. The van der Waals surface area contributed by atoms with Crippen LogP contribution >= 0.6 is 0 Å². The number of halogens is 6. The normalized spacial score (nSPS) is 19.3. The molecule has 1 fully saturated rings. The fraction of sp³-hybridized carbons (Fsp3) is 0.478. The second-order valence-corrected chi connectivity index (χ2v) is 7.30. The van der Waals surface area contributed by atoms with E-state index in [1.165, 1.54) is 52.3 Å². The molecule has 0 aliphatic carbocycles. The standard InChI is InChI=1S/C12H14F6O.C11H15N/c1-7(9(3)19-4)5-10(12(16,17)18)6-8(2)11(13,14)15;1-2-6-10(7-3-1)11-8-4-5-9-12-11/h5-6,9H,2H2,1,3-4H3;1-3,6-7,11-12H,4-5,8-9H2/b7-5+,10-6+;. The molecule has 0 spiro atoms. The Bertz CT molecular complexity index is 744. The van der Waals surface area contributed by atoms with Gasteiger partial charge in [0.1, 0.15) is 0 Å². The molecule has 0 bridgehead atoms. The number of rotatable bonds is 5. The summed E-state index contributed by atoms with van der Waals surface area (Å²) in [6.45, 7) is 6.59. The van der Waals surface area contributed by atoms with Crippen LogP contribution in [0.25, 0.3) is 0 Å². The number of piperidine rings is 1. The summed E-state index contributed by atoms with van der Waals surface area (Å²) in [7, 11) is 1.29. The number of hydrogen-bond acceptors (Lipinski definition) is 2. The van der Waals surface area contributed by atoms with Crippen molar-refractivity contribution in [3.05, 3.63) is 71.3 Å². The highest BCUT2D eigenvalue weighted by atomic mass is 19.4. The quantitative estimate of drug-likeness (QED) is 0.383. The third-order valence-electron chi connectivity index (χ3n) is 4.91. The number of hydrogen-bond donors (Lipinski definition) is 1. The first-order valence-electron chi connectivity index (χ1n) is 9.90. The summed E-state index contributed by atoms with van der Waals surface area (Å²) in [5.41, 5.74) is -1.39. The summed E-state index contributed by atoms with van der Waals surface area (Å²) in [5.74, 6) is 0. The number of allylic oxidation sites excluding steroid dienone is 4. The largest absolute Gasteiger partial charge is 0.416 e. The maximum atomic E-state index is 12.6. The van der Waals surface area contributed by atoms with Gasteiger partial charge in [0.2, 0.25) is 0 Å². The Hall–Kier alpha value is -2.06. The third-order valence-corrected chi connectivity index (χ3v) is 4.91. The molecule has 0 amide bonds. The molecule has 2 nitrogen and oxygen atoms in total. The molecule has 2 atom stereocenters. The summed E-state index contributed by atoms with van der Waals surface area (Å²) in [4.78, 5) is 0. The van der Waals surface area contributed by atoms with Crippen molar-refractivity contribution in [1.29, 1.82) is 0 Å². The number of methoxy groups -OCH3 is 1. The molecule has 31 heavy (non-hydrogen) atoms. The van der Waals surface area contributed by atoms with Crippen LogP contribution < -0.4 is 5.32 Å². The lowest BCUT2D eigenvalue weighted by molar-refractivity contribution is -0.0932. The van der Waals surface area contributed by atoms with Gasteiger partial charge in [-0.05, 0) is 56.5 Å². The minimum Gasteiger partial charge on any atom is -0.377 e. The van der Waals surface area contributed by atoms with Crippen molar-refractivity contribution in [3.8, 4) is 0 Å². The molecule has 0 radical (unpaired) electrons. The number of alkyl halides is 6. The maximum absolute atomic E-state index is 12.6. The molecule has 8 heteroatoms. The van der Waals surface area contributed by atoms with Gasteiger partial charge in [0.25, 0.3) is 0 Å². The summed E-state index contributed by atoms with van der Waals surface area (Å²) in [6.07, 6.45) is -5.84. The number of nitrogens with one attached hydrogen (secondary N) is 1. The van der Waals surface area contributed by atoms with E-state index in [1.807, 2.05) is 0 Å². The molecule has 1 aliphatic heterocycles. The van der Waals surface area contributed by atoms with E-state index in [2.05, 4.69) is 42.2 Å². The molecule has 1 N–H and O–H groups in total. The zero-order chi connectivity index (χ0) is 23.7. The van der Waals surface area contributed by atoms with Crippen LogP contribution in [0.5, 0.6) is 0 Å². The maximum Gasteiger partial charge on any atom is 0.416 e. The Labute approximate surface area is 179 Å². The summed E-state index contributed by atoms with van der Waals surface area (Å²) < 4.78 is 79.3. The van der Waals surface area contributed by atoms with Gasteiger partial charge in [-0.3, -0.25) is 0 Å². The van der Waals surface area contributed by atoms with Gasteiger partial charge in [0.05, 0.1) is 11.7 Å².